The van der Waals surface area contributed by atoms with E-state index >= 15 is 0 Å². The summed E-state index contributed by atoms with van der Waals surface area (Å²) in [6.45, 7) is 3.13. The molecule has 6 heteroatoms. The predicted molar refractivity (Wildman–Crippen MR) is 74.6 cm³/mol. The second kappa shape index (κ2) is 5.48. The summed E-state index contributed by atoms with van der Waals surface area (Å²) < 4.78 is 0. The van der Waals surface area contributed by atoms with Crippen LogP contribution in [-0.2, 0) is 4.79 Å². The van der Waals surface area contributed by atoms with Crippen LogP contribution in [0.2, 0.25) is 0 Å². The van der Waals surface area contributed by atoms with Crippen LogP contribution in [0.5, 0.6) is 0 Å². The molecule has 1 aliphatic heterocycles. The third-order valence-electron chi connectivity index (χ3n) is 4.06. The Kier molecular flexibility index (Phi) is 3.92. The molecule has 1 amide bonds. The molecule has 1 atom stereocenters. The van der Waals surface area contributed by atoms with Gasteiger partial charge in [0.15, 0.2) is 0 Å². The molecule has 2 rings (SSSR count). The lowest BCUT2D eigenvalue weighted by atomic mass is 9.77. The Labute approximate surface area is 117 Å². The van der Waals surface area contributed by atoms with Crippen molar-refractivity contribution in [2.75, 3.05) is 18.0 Å². The lowest BCUT2D eigenvalue weighted by molar-refractivity contribution is -0.149. The van der Waals surface area contributed by atoms with Crippen LogP contribution < -0.4 is 10.6 Å². The molecule has 0 saturated carbocycles. The fourth-order valence-electron chi connectivity index (χ4n) is 2.66. The number of pyridine rings is 1. The highest BCUT2D eigenvalue weighted by molar-refractivity contribution is 5.92. The number of primary amides is 1. The van der Waals surface area contributed by atoms with E-state index in [2.05, 4.69) is 4.98 Å². The Morgan fingerprint density at radius 2 is 2.25 bits per heavy atom. The van der Waals surface area contributed by atoms with Gasteiger partial charge >= 0.3 is 5.97 Å². The molecule has 0 aliphatic carbocycles. The number of carboxylic acid groups (broad SMARTS) is 1. The number of carbonyl (C=O) groups excluding carboxylic acids is 1. The first-order chi connectivity index (χ1) is 9.48. The number of nitrogens with two attached hydrogens (primary N) is 1. The molecule has 1 aliphatic rings. The SMILES string of the molecule is CCC1(C(=O)O)CCCN(c2ccc(C(N)=O)cn2)C1. The van der Waals surface area contributed by atoms with Crippen molar-refractivity contribution < 1.29 is 14.7 Å². The molecule has 108 valence electrons. The number of aromatic nitrogens is 1. The van der Waals surface area contributed by atoms with E-state index in [0.29, 0.717) is 30.8 Å². The number of hydrogen-bond donors (Lipinski definition) is 2. The quantitative estimate of drug-likeness (QED) is 0.863. The number of carbonyl (C=O) groups is 2. The fourth-order valence-corrected chi connectivity index (χ4v) is 2.66. The van der Waals surface area contributed by atoms with E-state index in [4.69, 9.17) is 5.73 Å². The largest absolute Gasteiger partial charge is 0.481 e. The number of rotatable bonds is 4. The number of piperidine rings is 1. The second-order valence-corrected chi connectivity index (χ2v) is 5.23. The van der Waals surface area contributed by atoms with Crippen LogP contribution in [0.25, 0.3) is 0 Å². The Balaban J connectivity index is 2.20. The van der Waals surface area contributed by atoms with Crippen LogP contribution in [0.3, 0.4) is 0 Å². The maximum Gasteiger partial charge on any atom is 0.311 e. The number of anilines is 1. The third-order valence-corrected chi connectivity index (χ3v) is 4.06. The van der Waals surface area contributed by atoms with Crippen molar-refractivity contribution >= 4 is 17.7 Å². The number of nitrogens with zero attached hydrogens (tertiary/aromatic N) is 2. The van der Waals surface area contributed by atoms with Crippen molar-refractivity contribution in [2.45, 2.75) is 26.2 Å². The Hall–Kier alpha value is -2.11. The molecule has 20 heavy (non-hydrogen) atoms. The minimum Gasteiger partial charge on any atom is -0.481 e. The zero-order valence-electron chi connectivity index (χ0n) is 11.5. The van der Waals surface area contributed by atoms with Gasteiger partial charge in [-0.15, -0.1) is 0 Å². The number of hydrogen-bond acceptors (Lipinski definition) is 4. The molecule has 0 aromatic carbocycles. The Bertz CT molecular complexity index is 515. The number of amides is 1. The highest BCUT2D eigenvalue weighted by atomic mass is 16.4. The third kappa shape index (κ3) is 2.59. The summed E-state index contributed by atoms with van der Waals surface area (Å²) in [5, 5.41) is 9.46. The monoisotopic (exact) mass is 277 g/mol. The van der Waals surface area contributed by atoms with Gasteiger partial charge < -0.3 is 15.7 Å². The van der Waals surface area contributed by atoms with Crippen molar-refractivity contribution in [3.8, 4) is 0 Å². The first-order valence-corrected chi connectivity index (χ1v) is 6.73. The topological polar surface area (TPSA) is 96.5 Å². The van der Waals surface area contributed by atoms with Crippen LogP contribution >= 0.6 is 0 Å². The van der Waals surface area contributed by atoms with Crippen LogP contribution in [0.1, 0.15) is 36.5 Å². The first-order valence-electron chi connectivity index (χ1n) is 6.73. The minimum absolute atomic E-state index is 0.353. The van der Waals surface area contributed by atoms with E-state index in [0.717, 1.165) is 13.0 Å². The van der Waals surface area contributed by atoms with Crippen molar-refractivity contribution in [3.05, 3.63) is 23.9 Å². The van der Waals surface area contributed by atoms with Crippen molar-refractivity contribution in [3.63, 3.8) is 0 Å². The Morgan fingerprint density at radius 1 is 1.50 bits per heavy atom. The predicted octanol–water partition coefficient (Wildman–Crippen LogP) is 1.26. The van der Waals surface area contributed by atoms with Gasteiger partial charge in [-0.2, -0.15) is 0 Å². The zero-order chi connectivity index (χ0) is 14.8. The van der Waals surface area contributed by atoms with E-state index in [-0.39, 0.29) is 0 Å². The van der Waals surface area contributed by atoms with Gasteiger partial charge in [0, 0.05) is 19.3 Å². The Morgan fingerprint density at radius 3 is 2.75 bits per heavy atom. The summed E-state index contributed by atoms with van der Waals surface area (Å²) in [5.41, 5.74) is 4.82. The molecule has 0 radical (unpaired) electrons. The number of aliphatic carboxylic acids is 1. The van der Waals surface area contributed by atoms with Gasteiger partial charge in [0.2, 0.25) is 5.91 Å². The lowest BCUT2D eigenvalue weighted by Crippen LogP contribution is -2.47. The van der Waals surface area contributed by atoms with Crippen LogP contribution in [0.4, 0.5) is 5.82 Å². The summed E-state index contributed by atoms with van der Waals surface area (Å²) in [6, 6.07) is 3.33. The maximum absolute atomic E-state index is 11.5. The van der Waals surface area contributed by atoms with Gasteiger partial charge in [-0.1, -0.05) is 6.92 Å². The molecular weight excluding hydrogens is 258 g/mol. The van der Waals surface area contributed by atoms with E-state index in [1.165, 1.54) is 6.20 Å². The molecule has 1 saturated heterocycles. The zero-order valence-corrected chi connectivity index (χ0v) is 11.5. The lowest BCUT2D eigenvalue weighted by Gasteiger charge is -2.40. The van der Waals surface area contributed by atoms with Crippen LogP contribution in [0.15, 0.2) is 18.3 Å². The average Bonchev–Trinajstić information content (AvgIpc) is 2.47. The molecule has 1 unspecified atom stereocenters. The van der Waals surface area contributed by atoms with E-state index in [1.807, 2.05) is 11.8 Å². The molecule has 1 aromatic rings. The van der Waals surface area contributed by atoms with Gasteiger partial charge in [-0.25, -0.2) is 4.98 Å². The standard InChI is InChI=1S/C14H19N3O3/c1-2-14(13(19)20)6-3-7-17(9-14)11-5-4-10(8-16-11)12(15)18/h4-5,8H,2-3,6-7,9H2,1H3,(H2,15,18)(H,19,20). The first kappa shape index (κ1) is 14.3. The normalized spacial score (nSPS) is 22.6. The molecule has 0 bridgehead atoms. The summed E-state index contributed by atoms with van der Waals surface area (Å²) >= 11 is 0. The summed E-state index contributed by atoms with van der Waals surface area (Å²) in [7, 11) is 0. The van der Waals surface area contributed by atoms with E-state index in [9.17, 15) is 14.7 Å². The summed E-state index contributed by atoms with van der Waals surface area (Å²) in [4.78, 5) is 28.7. The van der Waals surface area contributed by atoms with Crippen LogP contribution in [-0.4, -0.2) is 35.1 Å². The molecule has 3 N–H and O–H groups in total. The summed E-state index contributed by atoms with van der Waals surface area (Å²) in [5.74, 6) is -0.580. The smallest absolute Gasteiger partial charge is 0.311 e. The molecule has 0 spiro atoms. The highest BCUT2D eigenvalue weighted by Gasteiger charge is 2.41. The van der Waals surface area contributed by atoms with E-state index in [1.54, 1.807) is 12.1 Å². The molecule has 2 heterocycles. The van der Waals surface area contributed by atoms with Gasteiger partial charge in [0.05, 0.1) is 11.0 Å². The highest BCUT2D eigenvalue weighted by Crippen LogP contribution is 2.35. The summed E-state index contributed by atoms with van der Waals surface area (Å²) in [6.07, 6.45) is 3.53. The average molecular weight is 277 g/mol. The number of carboxylic acids is 1. The van der Waals surface area contributed by atoms with Gasteiger partial charge in [0.1, 0.15) is 5.82 Å². The molecule has 1 aromatic heterocycles. The van der Waals surface area contributed by atoms with Crippen LogP contribution in [0, 0.1) is 5.41 Å². The fraction of sp³-hybridized carbons (Fsp3) is 0.500. The van der Waals surface area contributed by atoms with Gasteiger partial charge in [-0.3, -0.25) is 9.59 Å². The van der Waals surface area contributed by atoms with Crippen molar-refractivity contribution in [1.82, 2.24) is 4.98 Å². The maximum atomic E-state index is 11.5. The van der Waals surface area contributed by atoms with Gasteiger partial charge in [-0.05, 0) is 31.4 Å². The minimum atomic E-state index is -0.751. The van der Waals surface area contributed by atoms with Crippen molar-refractivity contribution in [2.24, 2.45) is 11.1 Å². The van der Waals surface area contributed by atoms with E-state index < -0.39 is 17.3 Å². The molecular formula is C14H19N3O3. The van der Waals surface area contributed by atoms with Gasteiger partial charge in [0.25, 0.3) is 0 Å². The molecule has 1 fully saturated rings. The molecule has 6 nitrogen and oxygen atoms in total. The second-order valence-electron chi connectivity index (χ2n) is 5.23. The van der Waals surface area contributed by atoms with Crippen molar-refractivity contribution in [1.29, 1.82) is 0 Å².